The molecule has 0 aromatic rings. The molecule has 3 N–H and O–H groups in total. The molecule has 5 nitrogen and oxygen atoms in total. The van der Waals surface area contributed by atoms with E-state index in [0.717, 1.165) is 0 Å². The summed E-state index contributed by atoms with van der Waals surface area (Å²) in [4.78, 5) is 10.1. The number of rotatable bonds is 4. The monoisotopic (exact) mass is 222 g/mol. The molecule has 5 heteroatoms. The Morgan fingerprint density at radius 2 is 1.47 bits per heavy atom. The topological polar surface area (TPSA) is 87.0 Å². The minimum atomic E-state index is -1.04. The van der Waals surface area contributed by atoms with E-state index in [1.807, 2.05) is 0 Å². The molecule has 15 heavy (non-hydrogen) atoms. The van der Waals surface area contributed by atoms with E-state index in [9.17, 15) is 4.79 Å². The van der Waals surface area contributed by atoms with Gasteiger partial charge in [0.25, 0.3) is 0 Å². The van der Waals surface area contributed by atoms with Crippen LogP contribution < -0.4 is 0 Å². The maximum absolute atomic E-state index is 10.1. The van der Waals surface area contributed by atoms with Crippen LogP contribution in [0.5, 0.6) is 0 Å². The number of hydrogen-bond acceptors (Lipinski definition) is 4. The smallest absolute Gasteiger partial charge is 0.335 e. The first-order valence-corrected chi connectivity index (χ1v) is 4.63. The van der Waals surface area contributed by atoms with Gasteiger partial charge in [0.15, 0.2) is 5.60 Å². The van der Waals surface area contributed by atoms with Gasteiger partial charge in [-0.1, -0.05) is 13.8 Å². The van der Waals surface area contributed by atoms with Crippen LogP contribution in [0.15, 0.2) is 0 Å². The maximum Gasteiger partial charge on any atom is 0.335 e. The van der Waals surface area contributed by atoms with Crippen molar-refractivity contribution in [2.24, 2.45) is 5.41 Å². The van der Waals surface area contributed by atoms with E-state index in [1.165, 1.54) is 21.0 Å². The molecule has 0 amide bonds. The lowest BCUT2D eigenvalue weighted by molar-refractivity contribution is -0.157. The number of aliphatic hydroxyl groups excluding tert-OH is 2. The second-order valence-corrected chi connectivity index (χ2v) is 4.50. The minimum Gasteiger partial charge on any atom is -0.479 e. The Hall–Kier alpha value is -0.650. The number of aliphatic carboxylic acids is 1. The van der Waals surface area contributed by atoms with Crippen molar-refractivity contribution in [2.45, 2.75) is 33.3 Å². The normalized spacial score (nSPS) is 11.7. The molecule has 0 aromatic heterocycles. The number of methoxy groups -OCH3 is 1. The molecule has 0 saturated heterocycles. The van der Waals surface area contributed by atoms with E-state index in [1.54, 1.807) is 13.8 Å². The highest BCUT2D eigenvalue weighted by Crippen LogP contribution is 2.10. The molecule has 0 saturated carbocycles. The molecule has 0 spiro atoms. The lowest BCUT2D eigenvalue weighted by Gasteiger charge is -2.16. The highest BCUT2D eigenvalue weighted by Gasteiger charge is 2.25. The van der Waals surface area contributed by atoms with E-state index in [-0.39, 0.29) is 18.6 Å². The van der Waals surface area contributed by atoms with Crippen LogP contribution in [-0.2, 0) is 9.53 Å². The number of carboxylic acids is 1. The molecule has 0 rings (SSSR count). The summed E-state index contributed by atoms with van der Waals surface area (Å²) < 4.78 is 4.60. The third-order valence-corrected chi connectivity index (χ3v) is 1.88. The standard InChI is InChI=1S/C5H10O3.C5H12O2/c1-5(2,8-3)4(6)7;1-5(2,3-6)4-7/h1-3H3,(H,6,7);6-7H,3-4H2,1-2H3. The summed E-state index contributed by atoms with van der Waals surface area (Å²) >= 11 is 0. The summed E-state index contributed by atoms with van der Waals surface area (Å²) in [5.41, 5.74) is -1.35. The summed E-state index contributed by atoms with van der Waals surface area (Å²) in [6.07, 6.45) is 0. The Kier molecular flexibility index (Phi) is 7.56. The zero-order chi connectivity index (χ0) is 12.7. The van der Waals surface area contributed by atoms with Crippen LogP contribution in [0.25, 0.3) is 0 Å². The fourth-order valence-corrected chi connectivity index (χ4v) is 0.137. The average molecular weight is 222 g/mol. The number of carboxylic acid groups (broad SMARTS) is 1. The SMILES string of the molecule is CC(C)(CO)CO.COC(C)(C)C(=O)O. The van der Waals surface area contributed by atoms with Crippen molar-refractivity contribution in [1.82, 2.24) is 0 Å². The molecular formula is C10H22O5. The largest absolute Gasteiger partial charge is 0.479 e. The fourth-order valence-electron chi connectivity index (χ4n) is 0.137. The van der Waals surface area contributed by atoms with Gasteiger partial charge in [0.2, 0.25) is 0 Å². The van der Waals surface area contributed by atoms with Gasteiger partial charge < -0.3 is 20.1 Å². The average Bonchev–Trinajstić information content (AvgIpc) is 2.18. The van der Waals surface area contributed by atoms with Gasteiger partial charge in [0.1, 0.15) is 0 Å². The van der Waals surface area contributed by atoms with E-state index in [4.69, 9.17) is 15.3 Å². The zero-order valence-electron chi connectivity index (χ0n) is 10.1. The molecule has 0 aromatic carbocycles. The summed E-state index contributed by atoms with van der Waals surface area (Å²) in [6, 6.07) is 0. The van der Waals surface area contributed by atoms with E-state index in [2.05, 4.69) is 4.74 Å². The second-order valence-electron chi connectivity index (χ2n) is 4.50. The van der Waals surface area contributed by atoms with E-state index >= 15 is 0 Å². The number of hydrogen-bond donors (Lipinski definition) is 3. The molecule has 0 aliphatic carbocycles. The number of carbonyl (C=O) groups is 1. The second kappa shape index (κ2) is 6.76. The van der Waals surface area contributed by atoms with Crippen molar-refractivity contribution >= 4 is 5.97 Å². The first-order chi connectivity index (χ1) is 6.63. The van der Waals surface area contributed by atoms with Gasteiger partial charge in [-0.25, -0.2) is 4.79 Å². The Morgan fingerprint density at radius 1 is 1.13 bits per heavy atom. The van der Waals surface area contributed by atoms with Crippen molar-refractivity contribution in [1.29, 1.82) is 0 Å². The van der Waals surface area contributed by atoms with Crippen LogP contribution >= 0.6 is 0 Å². The maximum atomic E-state index is 10.1. The highest BCUT2D eigenvalue weighted by atomic mass is 16.5. The van der Waals surface area contributed by atoms with Crippen LogP contribution in [0.3, 0.4) is 0 Å². The van der Waals surface area contributed by atoms with Crippen LogP contribution in [-0.4, -0.2) is 47.2 Å². The van der Waals surface area contributed by atoms with Crippen LogP contribution in [0.2, 0.25) is 0 Å². The van der Waals surface area contributed by atoms with Crippen molar-refractivity contribution in [3.8, 4) is 0 Å². The molecule has 0 fully saturated rings. The summed E-state index contributed by atoms with van der Waals surface area (Å²) in [7, 11) is 1.37. The van der Waals surface area contributed by atoms with Crippen molar-refractivity contribution in [3.05, 3.63) is 0 Å². The summed E-state index contributed by atoms with van der Waals surface area (Å²) in [5.74, 6) is -0.944. The van der Waals surface area contributed by atoms with Crippen LogP contribution in [0.4, 0.5) is 0 Å². The van der Waals surface area contributed by atoms with Gasteiger partial charge in [0, 0.05) is 12.5 Å². The molecule has 92 valence electrons. The number of aliphatic hydroxyl groups is 2. The predicted octanol–water partition coefficient (Wildman–Crippen LogP) is 0.493. The highest BCUT2D eigenvalue weighted by molar-refractivity contribution is 5.76. The van der Waals surface area contributed by atoms with Gasteiger partial charge in [-0.3, -0.25) is 0 Å². The quantitative estimate of drug-likeness (QED) is 0.644. The van der Waals surface area contributed by atoms with Gasteiger partial charge >= 0.3 is 5.97 Å². The van der Waals surface area contributed by atoms with Crippen LogP contribution in [0, 0.1) is 5.41 Å². The third kappa shape index (κ3) is 8.35. The summed E-state index contributed by atoms with van der Waals surface area (Å²) in [6.45, 7) is 6.68. The minimum absolute atomic E-state index is 0.0451. The van der Waals surface area contributed by atoms with E-state index < -0.39 is 11.6 Å². The van der Waals surface area contributed by atoms with Gasteiger partial charge in [-0.05, 0) is 13.8 Å². The first kappa shape index (κ1) is 16.8. The molecule has 0 aliphatic rings. The molecule has 0 heterocycles. The molecule has 0 unspecified atom stereocenters. The molecular weight excluding hydrogens is 200 g/mol. The molecule has 0 radical (unpaired) electrons. The Balaban J connectivity index is 0. The Labute approximate surface area is 90.7 Å². The predicted molar refractivity (Wildman–Crippen MR) is 56.7 cm³/mol. The number of ether oxygens (including phenoxy) is 1. The van der Waals surface area contributed by atoms with E-state index in [0.29, 0.717) is 0 Å². The third-order valence-electron chi connectivity index (χ3n) is 1.88. The Bertz CT molecular complexity index is 180. The van der Waals surface area contributed by atoms with Crippen molar-refractivity contribution in [3.63, 3.8) is 0 Å². The Morgan fingerprint density at radius 3 is 1.47 bits per heavy atom. The van der Waals surface area contributed by atoms with Crippen molar-refractivity contribution < 1.29 is 24.9 Å². The molecule has 0 atom stereocenters. The van der Waals surface area contributed by atoms with Gasteiger partial charge in [-0.15, -0.1) is 0 Å². The lowest BCUT2D eigenvalue weighted by Crippen LogP contribution is -2.33. The van der Waals surface area contributed by atoms with Gasteiger partial charge in [-0.2, -0.15) is 0 Å². The van der Waals surface area contributed by atoms with Crippen LogP contribution in [0.1, 0.15) is 27.7 Å². The first-order valence-electron chi connectivity index (χ1n) is 4.63. The van der Waals surface area contributed by atoms with Crippen molar-refractivity contribution in [2.75, 3.05) is 20.3 Å². The zero-order valence-corrected chi connectivity index (χ0v) is 10.1. The molecule has 0 aliphatic heterocycles. The molecule has 0 bridgehead atoms. The summed E-state index contributed by atoms with van der Waals surface area (Å²) in [5, 5.41) is 25.2. The fraction of sp³-hybridized carbons (Fsp3) is 0.900. The lowest BCUT2D eigenvalue weighted by atomic mass is 9.97. The van der Waals surface area contributed by atoms with Gasteiger partial charge in [0.05, 0.1) is 13.2 Å².